The number of nitrogens with one attached hydrogen (secondary N) is 1. The lowest BCUT2D eigenvalue weighted by atomic mass is 10.0. The van der Waals surface area contributed by atoms with Crippen LogP contribution in [-0.2, 0) is 32.6 Å². The number of nitrogens with zero attached hydrogens (tertiary/aromatic N) is 2. The van der Waals surface area contributed by atoms with Crippen LogP contribution in [0.2, 0.25) is 0 Å². The molecule has 0 aliphatic rings. The maximum Gasteiger partial charge on any atom is 0.243 e. The number of rotatable bonds is 13. The van der Waals surface area contributed by atoms with E-state index in [2.05, 4.69) is 5.32 Å². The third-order valence-electron chi connectivity index (χ3n) is 6.35. The molecule has 0 aromatic heterocycles. The average molecular weight is 536 g/mol. The summed E-state index contributed by atoms with van der Waals surface area (Å²) in [5, 5.41) is 2.89. The van der Waals surface area contributed by atoms with Gasteiger partial charge in [-0.15, -0.1) is 0 Å². The van der Waals surface area contributed by atoms with Crippen molar-refractivity contribution in [1.82, 2.24) is 10.2 Å². The molecule has 8 heteroatoms. The molecular weight excluding hydrogens is 498 g/mol. The van der Waals surface area contributed by atoms with Crippen LogP contribution in [0.15, 0.2) is 84.9 Å². The fourth-order valence-corrected chi connectivity index (χ4v) is 5.47. The van der Waals surface area contributed by atoms with Crippen LogP contribution in [0.25, 0.3) is 0 Å². The molecule has 202 valence electrons. The lowest BCUT2D eigenvalue weighted by Gasteiger charge is -2.32. The Hall–Kier alpha value is -3.65. The summed E-state index contributed by atoms with van der Waals surface area (Å²) in [6, 6.07) is 25.8. The summed E-state index contributed by atoms with van der Waals surface area (Å²) >= 11 is 0. The van der Waals surface area contributed by atoms with E-state index in [1.54, 1.807) is 17.0 Å². The highest BCUT2D eigenvalue weighted by molar-refractivity contribution is 7.92. The topological polar surface area (TPSA) is 86.8 Å². The predicted octanol–water partition coefficient (Wildman–Crippen LogP) is 4.32. The number of carbonyl (C=O) groups is 2. The molecular formula is C30H37N3O4S. The largest absolute Gasteiger partial charge is 0.355 e. The second-order valence-electron chi connectivity index (χ2n) is 9.33. The van der Waals surface area contributed by atoms with Gasteiger partial charge >= 0.3 is 0 Å². The van der Waals surface area contributed by atoms with Gasteiger partial charge in [-0.2, -0.15) is 0 Å². The van der Waals surface area contributed by atoms with Gasteiger partial charge in [0.1, 0.15) is 6.04 Å². The second kappa shape index (κ2) is 13.8. The van der Waals surface area contributed by atoms with E-state index in [0.29, 0.717) is 25.1 Å². The summed E-state index contributed by atoms with van der Waals surface area (Å²) in [6.07, 6.45) is 1.98. The fraction of sp³-hybridized carbons (Fsp3) is 0.333. The van der Waals surface area contributed by atoms with E-state index in [0.717, 1.165) is 16.7 Å². The molecule has 3 rings (SSSR count). The molecule has 0 radical (unpaired) electrons. The normalized spacial score (nSPS) is 12.0. The molecule has 2 amide bonds. The summed E-state index contributed by atoms with van der Waals surface area (Å²) in [4.78, 5) is 28.6. The van der Waals surface area contributed by atoms with Gasteiger partial charge < -0.3 is 10.2 Å². The van der Waals surface area contributed by atoms with Crippen molar-refractivity contribution >= 4 is 27.5 Å². The summed E-state index contributed by atoms with van der Waals surface area (Å²) in [5.74, 6) is -0.405. The van der Waals surface area contributed by atoms with Crippen LogP contribution in [0, 0.1) is 6.92 Å². The predicted molar refractivity (Wildman–Crippen MR) is 152 cm³/mol. The molecule has 0 aliphatic carbocycles. The van der Waals surface area contributed by atoms with Crippen molar-refractivity contribution in [3.05, 3.63) is 102 Å². The van der Waals surface area contributed by atoms with Crippen molar-refractivity contribution in [3.8, 4) is 0 Å². The van der Waals surface area contributed by atoms with Gasteiger partial charge in [0.15, 0.2) is 0 Å². The second-order valence-corrected chi connectivity index (χ2v) is 11.2. The minimum absolute atomic E-state index is 0.107. The van der Waals surface area contributed by atoms with Gasteiger partial charge in [-0.05, 0) is 43.0 Å². The number of sulfonamides is 1. The maximum absolute atomic E-state index is 13.7. The van der Waals surface area contributed by atoms with E-state index >= 15 is 0 Å². The minimum atomic E-state index is -3.54. The zero-order chi connectivity index (χ0) is 27.5. The van der Waals surface area contributed by atoms with E-state index in [4.69, 9.17) is 0 Å². The van der Waals surface area contributed by atoms with E-state index < -0.39 is 16.1 Å². The van der Waals surface area contributed by atoms with Crippen LogP contribution >= 0.6 is 0 Å². The first-order valence-electron chi connectivity index (χ1n) is 12.9. The Bertz CT molecular complexity index is 1300. The molecule has 38 heavy (non-hydrogen) atoms. The number of amides is 2. The van der Waals surface area contributed by atoms with Crippen LogP contribution in [0.3, 0.4) is 0 Å². The quantitative estimate of drug-likeness (QED) is 0.353. The Labute approximate surface area is 226 Å². The van der Waals surface area contributed by atoms with Gasteiger partial charge in [-0.1, -0.05) is 78.9 Å². The zero-order valence-electron chi connectivity index (χ0n) is 22.3. The first-order chi connectivity index (χ1) is 18.2. The van der Waals surface area contributed by atoms with Crippen molar-refractivity contribution in [2.75, 3.05) is 23.7 Å². The standard InChI is InChI=1S/C30H37N3O4S/c1-4-31-30(35)28(22-25-15-7-5-8-16-25)32(23-26-17-9-6-10-18-26)29(34)20-13-21-33(38(3,36)37)27-19-12-11-14-24(27)2/h5-12,14-19,28H,4,13,20-23H2,1-3H3,(H,31,35). The van der Waals surface area contributed by atoms with Gasteiger partial charge in [-0.25, -0.2) is 8.42 Å². The van der Waals surface area contributed by atoms with Crippen LogP contribution in [0.5, 0.6) is 0 Å². The number of likely N-dealkylation sites (N-methyl/N-ethyl adjacent to an activating group) is 1. The number of anilines is 1. The monoisotopic (exact) mass is 535 g/mol. The Morgan fingerprint density at radius 1 is 0.868 bits per heavy atom. The van der Waals surface area contributed by atoms with E-state index in [-0.39, 0.29) is 31.3 Å². The summed E-state index contributed by atoms with van der Waals surface area (Å²) in [5.41, 5.74) is 3.32. The molecule has 3 aromatic rings. The first-order valence-corrected chi connectivity index (χ1v) is 14.7. The van der Waals surface area contributed by atoms with Crippen molar-refractivity contribution in [2.24, 2.45) is 0 Å². The fourth-order valence-electron chi connectivity index (χ4n) is 4.45. The number of carbonyl (C=O) groups excluding carboxylic acids is 2. The number of aryl methyl sites for hydroxylation is 1. The van der Waals surface area contributed by atoms with Gasteiger partial charge in [0.2, 0.25) is 21.8 Å². The van der Waals surface area contributed by atoms with Gasteiger partial charge in [0.05, 0.1) is 11.9 Å². The maximum atomic E-state index is 13.7. The van der Waals surface area contributed by atoms with Crippen LogP contribution in [-0.4, -0.2) is 50.5 Å². The summed E-state index contributed by atoms with van der Waals surface area (Å²) in [6.45, 7) is 4.62. The highest BCUT2D eigenvalue weighted by atomic mass is 32.2. The third-order valence-corrected chi connectivity index (χ3v) is 7.53. The van der Waals surface area contributed by atoms with E-state index in [9.17, 15) is 18.0 Å². The van der Waals surface area contributed by atoms with Crippen LogP contribution in [0.4, 0.5) is 5.69 Å². The Morgan fingerprint density at radius 2 is 1.45 bits per heavy atom. The van der Waals surface area contributed by atoms with Crippen molar-refractivity contribution < 1.29 is 18.0 Å². The molecule has 0 saturated carbocycles. The molecule has 0 bridgehead atoms. The van der Waals surface area contributed by atoms with Crippen molar-refractivity contribution in [1.29, 1.82) is 0 Å². The van der Waals surface area contributed by atoms with Crippen molar-refractivity contribution in [3.63, 3.8) is 0 Å². The minimum Gasteiger partial charge on any atom is -0.355 e. The molecule has 0 spiro atoms. The lowest BCUT2D eigenvalue weighted by molar-refractivity contribution is -0.141. The molecule has 0 fully saturated rings. The molecule has 0 saturated heterocycles. The third kappa shape index (κ3) is 8.18. The lowest BCUT2D eigenvalue weighted by Crippen LogP contribution is -2.50. The van der Waals surface area contributed by atoms with Crippen LogP contribution < -0.4 is 9.62 Å². The number of hydrogen-bond donors (Lipinski definition) is 1. The molecule has 1 atom stereocenters. The highest BCUT2D eigenvalue weighted by Crippen LogP contribution is 2.23. The smallest absolute Gasteiger partial charge is 0.243 e. The molecule has 7 nitrogen and oxygen atoms in total. The molecule has 0 aliphatic heterocycles. The van der Waals surface area contributed by atoms with E-state index in [1.165, 1.54) is 10.6 Å². The zero-order valence-corrected chi connectivity index (χ0v) is 23.2. The van der Waals surface area contributed by atoms with Crippen molar-refractivity contribution in [2.45, 2.75) is 45.7 Å². The van der Waals surface area contributed by atoms with Crippen LogP contribution in [0.1, 0.15) is 36.5 Å². The molecule has 1 N–H and O–H groups in total. The molecule has 0 heterocycles. The SMILES string of the molecule is CCNC(=O)C(Cc1ccccc1)N(Cc1ccccc1)C(=O)CCCN(c1ccccc1C)S(C)(=O)=O. The average Bonchev–Trinajstić information content (AvgIpc) is 2.90. The molecule has 1 unspecified atom stereocenters. The number of hydrogen-bond acceptors (Lipinski definition) is 4. The first kappa shape index (κ1) is 28.9. The Morgan fingerprint density at radius 3 is 2.03 bits per heavy atom. The highest BCUT2D eigenvalue weighted by Gasteiger charge is 2.30. The summed E-state index contributed by atoms with van der Waals surface area (Å²) in [7, 11) is -3.54. The van der Waals surface area contributed by atoms with Gasteiger partial charge in [0.25, 0.3) is 0 Å². The number of para-hydroxylation sites is 1. The Balaban J connectivity index is 1.84. The van der Waals surface area contributed by atoms with Gasteiger partial charge in [0, 0.05) is 32.5 Å². The van der Waals surface area contributed by atoms with E-state index in [1.807, 2.05) is 86.6 Å². The molecule has 3 aromatic carbocycles. The Kier molecular flexibility index (Phi) is 10.5. The number of benzene rings is 3. The summed E-state index contributed by atoms with van der Waals surface area (Å²) < 4.78 is 26.5. The van der Waals surface area contributed by atoms with Gasteiger partial charge in [-0.3, -0.25) is 13.9 Å².